The molecule has 3 N–H and O–H groups in total. The van der Waals surface area contributed by atoms with Gasteiger partial charge in [-0.3, -0.25) is 0 Å². The number of hydrogen-bond acceptors (Lipinski definition) is 5. The summed E-state index contributed by atoms with van der Waals surface area (Å²) in [6.07, 6.45) is 1.12. The fourth-order valence-corrected chi connectivity index (χ4v) is 2.13. The van der Waals surface area contributed by atoms with Gasteiger partial charge in [0.1, 0.15) is 0 Å². The summed E-state index contributed by atoms with van der Waals surface area (Å²) in [6.45, 7) is 8.41. The van der Waals surface area contributed by atoms with Crippen LogP contribution in [0.15, 0.2) is 12.1 Å². The molecule has 0 saturated heterocycles. The van der Waals surface area contributed by atoms with Crippen LogP contribution in [0.4, 0.5) is 0 Å². The second-order valence-electron chi connectivity index (χ2n) is 5.15. The lowest BCUT2D eigenvalue weighted by Gasteiger charge is -2.17. The summed E-state index contributed by atoms with van der Waals surface area (Å²) in [4.78, 5) is 1.12. The minimum absolute atomic E-state index is 0.345. The van der Waals surface area contributed by atoms with Gasteiger partial charge in [-0.2, -0.15) is 0 Å². The van der Waals surface area contributed by atoms with Crippen LogP contribution in [0.1, 0.15) is 32.1 Å². The maximum Gasteiger partial charge on any atom is 0.708 e. The lowest BCUT2D eigenvalue weighted by atomic mass is 9.92. The van der Waals surface area contributed by atoms with Crippen molar-refractivity contribution in [2.75, 3.05) is 6.54 Å². The van der Waals surface area contributed by atoms with Crippen LogP contribution in [0.25, 0.3) is 0 Å². The van der Waals surface area contributed by atoms with Crippen molar-refractivity contribution in [3.05, 3.63) is 17.0 Å². The molecular formula is C11H20BNO3S. The van der Waals surface area contributed by atoms with Crippen LogP contribution < -0.4 is 9.97 Å². The maximum absolute atomic E-state index is 8.64. The molecule has 0 fully saturated rings. The summed E-state index contributed by atoms with van der Waals surface area (Å²) in [7, 11) is -1.74. The number of thiophene rings is 1. The first-order chi connectivity index (χ1) is 7.87. The molecule has 0 atom stereocenters. The van der Waals surface area contributed by atoms with E-state index in [1.165, 1.54) is 11.3 Å². The van der Waals surface area contributed by atoms with E-state index in [0.717, 1.165) is 24.4 Å². The zero-order chi connectivity index (χ0) is 12.9. The topological polar surface area (TPSA) is 61.7 Å². The molecule has 0 radical (unpaired) electrons. The average Bonchev–Trinajstić information content (AvgIpc) is 2.58. The van der Waals surface area contributed by atoms with Crippen LogP contribution in [0.2, 0.25) is 0 Å². The summed E-state index contributed by atoms with van der Waals surface area (Å²) in [5, 5.41) is 21.2. The summed E-state index contributed by atoms with van der Waals surface area (Å²) >= 11 is 1.41. The molecule has 0 aliphatic heterocycles. The van der Waals surface area contributed by atoms with E-state index in [9.17, 15) is 0 Å². The fourth-order valence-electron chi connectivity index (χ4n) is 1.30. The molecule has 0 aliphatic rings. The first-order valence-corrected chi connectivity index (χ1v) is 6.51. The molecule has 17 heavy (non-hydrogen) atoms. The molecule has 6 heteroatoms. The molecule has 1 rings (SSSR count). The quantitative estimate of drug-likeness (QED) is 0.535. The van der Waals surface area contributed by atoms with Gasteiger partial charge < -0.3 is 20.0 Å². The Hall–Kier alpha value is -0.555. The molecule has 0 saturated carbocycles. The predicted octanol–water partition coefficient (Wildman–Crippen LogP) is 1.62. The molecule has 0 aliphatic carbocycles. The van der Waals surface area contributed by atoms with E-state index in [-0.39, 0.29) is 0 Å². The zero-order valence-electron chi connectivity index (χ0n) is 10.6. The molecule has 4 nitrogen and oxygen atoms in total. The highest BCUT2D eigenvalue weighted by Gasteiger charge is 2.13. The Labute approximate surface area is 107 Å². The predicted molar refractivity (Wildman–Crippen MR) is 70.9 cm³/mol. The molecule has 0 aromatic carbocycles. The number of hydrogen-bond donors (Lipinski definition) is 3. The summed E-state index contributed by atoms with van der Waals surface area (Å²) < 4.78 is 4.76. The summed E-state index contributed by atoms with van der Waals surface area (Å²) in [5.41, 5.74) is 0.345. The van der Waals surface area contributed by atoms with Gasteiger partial charge in [-0.05, 0) is 30.5 Å². The van der Waals surface area contributed by atoms with Crippen LogP contribution in [0, 0.1) is 5.41 Å². The largest absolute Gasteiger partial charge is 0.708 e. The molecule has 0 spiro atoms. The summed E-state index contributed by atoms with van der Waals surface area (Å²) in [6, 6.07) is 3.66. The van der Waals surface area contributed by atoms with Crippen molar-refractivity contribution in [2.24, 2.45) is 5.41 Å². The van der Waals surface area contributed by atoms with Crippen molar-refractivity contribution in [3.8, 4) is 5.06 Å². The van der Waals surface area contributed by atoms with Crippen LogP contribution in [-0.2, 0) is 6.54 Å². The zero-order valence-corrected chi connectivity index (χ0v) is 11.4. The Kier molecular flexibility index (Phi) is 5.46. The van der Waals surface area contributed by atoms with Gasteiger partial charge in [0.2, 0.25) is 0 Å². The van der Waals surface area contributed by atoms with Crippen molar-refractivity contribution in [3.63, 3.8) is 0 Å². The van der Waals surface area contributed by atoms with Crippen LogP contribution in [0.3, 0.4) is 0 Å². The van der Waals surface area contributed by atoms with Crippen molar-refractivity contribution in [1.29, 1.82) is 0 Å². The normalized spacial score (nSPS) is 11.6. The van der Waals surface area contributed by atoms with Gasteiger partial charge in [-0.1, -0.05) is 20.8 Å². The minimum atomic E-state index is -1.74. The molecule has 1 aromatic rings. The third-order valence-electron chi connectivity index (χ3n) is 2.21. The highest BCUT2D eigenvalue weighted by molar-refractivity contribution is 7.14. The average molecular weight is 257 g/mol. The Bertz CT molecular complexity index is 336. The smallest absolute Gasteiger partial charge is 0.504 e. The molecule has 0 bridgehead atoms. The summed E-state index contributed by atoms with van der Waals surface area (Å²) in [5.74, 6) is 0. The van der Waals surface area contributed by atoms with Crippen LogP contribution in [-0.4, -0.2) is 23.9 Å². The Morgan fingerprint density at radius 1 is 1.35 bits per heavy atom. The van der Waals surface area contributed by atoms with Crippen molar-refractivity contribution < 1.29 is 14.7 Å². The SMILES string of the molecule is CC(C)(C)CCNCc1ccc(OB(O)O)s1. The second-order valence-corrected chi connectivity index (χ2v) is 6.28. The molecule has 1 aromatic heterocycles. The highest BCUT2D eigenvalue weighted by atomic mass is 32.1. The van der Waals surface area contributed by atoms with Crippen LogP contribution >= 0.6 is 11.3 Å². The van der Waals surface area contributed by atoms with E-state index < -0.39 is 7.32 Å². The van der Waals surface area contributed by atoms with E-state index >= 15 is 0 Å². The Morgan fingerprint density at radius 2 is 2.06 bits per heavy atom. The lowest BCUT2D eigenvalue weighted by molar-refractivity contribution is 0.291. The maximum atomic E-state index is 8.64. The highest BCUT2D eigenvalue weighted by Crippen LogP contribution is 2.24. The van der Waals surface area contributed by atoms with Gasteiger partial charge in [0.25, 0.3) is 0 Å². The van der Waals surface area contributed by atoms with Gasteiger partial charge >= 0.3 is 7.32 Å². The standard InChI is InChI=1S/C11H20BNO3S/c1-11(2,3)6-7-13-8-9-4-5-10(17-9)16-12(14)15/h4-5,13-15H,6-8H2,1-3H3. The van der Waals surface area contributed by atoms with E-state index in [0.29, 0.717) is 10.5 Å². The lowest BCUT2D eigenvalue weighted by Crippen LogP contribution is -2.20. The Morgan fingerprint density at radius 3 is 2.65 bits per heavy atom. The van der Waals surface area contributed by atoms with E-state index in [4.69, 9.17) is 14.7 Å². The second kappa shape index (κ2) is 6.40. The first-order valence-electron chi connectivity index (χ1n) is 5.69. The molecule has 1 heterocycles. The van der Waals surface area contributed by atoms with Gasteiger partial charge in [0, 0.05) is 11.4 Å². The molecule has 0 unspecified atom stereocenters. The van der Waals surface area contributed by atoms with Crippen molar-refractivity contribution >= 4 is 18.7 Å². The minimum Gasteiger partial charge on any atom is -0.504 e. The molecule has 0 amide bonds. The van der Waals surface area contributed by atoms with Gasteiger partial charge in [-0.25, -0.2) is 0 Å². The third kappa shape index (κ3) is 6.68. The van der Waals surface area contributed by atoms with Gasteiger partial charge in [0.05, 0.1) is 0 Å². The third-order valence-corrected chi connectivity index (χ3v) is 3.19. The van der Waals surface area contributed by atoms with Crippen molar-refractivity contribution in [1.82, 2.24) is 5.32 Å². The first kappa shape index (κ1) is 14.5. The number of nitrogens with one attached hydrogen (secondary N) is 1. The van der Waals surface area contributed by atoms with Crippen molar-refractivity contribution in [2.45, 2.75) is 33.7 Å². The monoisotopic (exact) mass is 257 g/mol. The molecular weight excluding hydrogens is 237 g/mol. The fraction of sp³-hybridized carbons (Fsp3) is 0.636. The van der Waals surface area contributed by atoms with Gasteiger partial charge in [0.15, 0.2) is 5.06 Å². The number of rotatable bonds is 6. The van der Waals surface area contributed by atoms with E-state index in [1.807, 2.05) is 6.07 Å². The molecule has 96 valence electrons. The van der Waals surface area contributed by atoms with Crippen LogP contribution in [0.5, 0.6) is 5.06 Å². The van der Waals surface area contributed by atoms with Gasteiger partial charge in [-0.15, -0.1) is 11.3 Å². The van der Waals surface area contributed by atoms with E-state index in [2.05, 4.69) is 26.1 Å². The Balaban J connectivity index is 2.25. The van der Waals surface area contributed by atoms with E-state index in [1.54, 1.807) is 6.07 Å².